The lowest BCUT2D eigenvalue weighted by Crippen LogP contribution is -2.39. The molecule has 0 aliphatic heterocycles. The average molecular weight is 389 g/mol. The van der Waals surface area contributed by atoms with E-state index in [2.05, 4.69) is 22.1 Å². The Morgan fingerprint density at radius 3 is 2.74 bits per heavy atom. The monoisotopic (exact) mass is 388 g/mol. The Balaban J connectivity index is 1.59. The highest BCUT2D eigenvalue weighted by Gasteiger charge is 2.28. The lowest BCUT2D eigenvalue weighted by Gasteiger charge is -2.24. The van der Waals surface area contributed by atoms with Crippen LogP contribution in [0.1, 0.15) is 49.1 Å². The number of benzene rings is 1. The van der Waals surface area contributed by atoms with Crippen LogP contribution in [0, 0.1) is 5.92 Å². The van der Waals surface area contributed by atoms with E-state index in [-0.39, 0.29) is 12.1 Å². The van der Waals surface area contributed by atoms with E-state index in [1.807, 2.05) is 31.2 Å². The normalized spacial score (nSPS) is 15.3. The summed E-state index contributed by atoms with van der Waals surface area (Å²) in [5.41, 5.74) is 0.971. The molecule has 5 nitrogen and oxygen atoms in total. The Hall–Kier alpha value is -2.21. The van der Waals surface area contributed by atoms with Gasteiger partial charge in [0.25, 0.3) is 0 Å². The van der Waals surface area contributed by atoms with E-state index in [0.717, 1.165) is 5.56 Å². The molecule has 1 fully saturated rings. The molecule has 1 saturated carbocycles. The number of hydrogen-bond donors (Lipinski definition) is 2. The minimum Gasteiger partial charge on any atom is -0.493 e. The highest BCUT2D eigenvalue weighted by Crippen LogP contribution is 2.37. The van der Waals surface area contributed by atoms with Crippen LogP contribution < -0.4 is 20.1 Å². The summed E-state index contributed by atoms with van der Waals surface area (Å²) >= 11 is 1.71. The van der Waals surface area contributed by atoms with Crippen LogP contribution in [0.15, 0.2) is 35.7 Å². The SMILES string of the molecule is CCOc1ccc(CNC(=O)NC(c2cccs2)C2CCCC2)cc1OC. The Labute approximate surface area is 165 Å². The predicted molar refractivity (Wildman–Crippen MR) is 109 cm³/mol. The van der Waals surface area contributed by atoms with E-state index in [0.29, 0.717) is 30.6 Å². The van der Waals surface area contributed by atoms with Crippen molar-refractivity contribution in [2.75, 3.05) is 13.7 Å². The van der Waals surface area contributed by atoms with Gasteiger partial charge in [0.1, 0.15) is 0 Å². The third kappa shape index (κ3) is 5.16. The zero-order valence-electron chi connectivity index (χ0n) is 16.0. The van der Waals surface area contributed by atoms with Crippen molar-refractivity contribution < 1.29 is 14.3 Å². The number of rotatable bonds is 8. The number of amides is 2. The quantitative estimate of drug-likeness (QED) is 0.677. The summed E-state index contributed by atoms with van der Waals surface area (Å²) in [7, 11) is 1.62. The molecule has 27 heavy (non-hydrogen) atoms. The summed E-state index contributed by atoms with van der Waals surface area (Å²) in [6.07, 6.45) is 4.86. The Bertz CT molecular complexity index is 727. The maximum atomic E-state index is 12.5. The molecule has 0 saturated heterocycles. The number of carbonyl (C=O) groups excluding carboxylic acids is 1. The number of hydrogen-bond acceptors (Lipinski definition) is 4. The average Bonchev–Trinajstić information content (AvgIpc) is 3.39. The van der Waals surface area contributed by atoms with Gasteiger partial charge in [-0.25, -0.2) is 4.79 Å². The fraction of sp³-hybridized carbons (Fsp3) is 0.476. The molecule has 1 unspecified atom stereocenters. The number of urea groups is 1. The van der Waals surface area contributed by atoms with Gasteiger partial charge in [0.15, 0.2) is 11.5 Å². The van der Waals surface area contributed by atoms with Gasteiger partial charge in [0, 0.05) is 11.4 Å². The van der Waals surface area contributed by atoms with Gasteiger partial charge in [0.2, 0.25) is 0 Å². The molecule has 146 valence electrons. The van der Waals surface area contributed by atoms with Crippen molar-refractivity contribution in [2.45, 2.75) is 45.2 Å². The van der Waals surface area contributed by atoms with Gasteiger partial charge in [-0.2, -0.15) is 0 Å². The van der Waals surface area contributed by atoms with Crippen LogP contribution in [0.3, 0.4) is 0 Å². The van der Waals surface area contributed by atoms with Gasteiger partial charge >= 0.3 is 6.03 Å². The molecule has 2 N–H and O–H groups in total. The van der Waals surface area contributed by atoms with Crippen molar-refractivity contribution in [3.63, 3.8) is 0 Å². The molecular formula is C21H28N2O3S. The van der Waals surface area contributed by atoms with Crippen molar-refractivity contribution in [2.24, 2.45) is 5.92 Å². The van der Waals surface area contributed by atoms with E-state index in [9.17, 15) is 4.79 Å². The molecule has 1 aromatic heterocycles. The van der Waals surface area contributed by atoms with Crippen molar-refractivity contribution in [3.8, 4) is 11.5 Å². The lowest BCUT2D eigenvalue weighted by molar-refractivity contribution is 0.231. The molecule has 0 radical (unpaired) electrons. The number of ether oxygens (including phenoxy) is 2. The van der Waals surface area contributed by atoms with E-state index in [4.69, 9.17) is 9.47 Å². The van der Waals surface area contributed by atoms with Crippen molar-refractivity contribution in [1.82, 2.24) is 10.6 Å². The highest BCUT2D eigenvalue weighted by atomic mass is 32.1. The smallest absolute Gasteiger partial charge is 0.315 e. The molecule has 1 heterocycles. The second kappa shape index (κ2) is 9.65. The first-order valence-corrected chi connectivity index (χ1v) is 10.5. The van der Waals surface area contributed by atoms with E-state index >= 15 is 0 Å². The van der Waals surface area contributed by atoms with Crippen LogP contribution in [0.2, 0.25) is 0 Å². The van der Waals surface area contributed by atoms with E-state index < -0.39 is 0 Å². The Morgan fingerprint density at radius 2 is 2.07 bits per heavy atom. The predicted octanol–water partition coefficient (Wildman–Crippen LogP) is 4.89. The molecule has 0 bridgehead atoms. The molecule has 2 amide bonds. The topological polar surface area (TPSA) is 59.6 Å². The zero-order valence-corrected chi connectivity index (χ0v) is 16.8. The second-order valence-electron chi connectivity index (χ2n) is 6.78. The molecule has 1 aromatic carbocycles. The fourth-order valence-corrected chi connectivity index (χ4v) is 4.52. The van der Waals surface area contributed by atoms with Gasteiger partial charge in [-0.1, -0.05) is 25.0 Å². The third-order valence-corrected chi connectivity index (χ3v) is 5.94. The zero-order chi connectivity index (χ0) is 19.1. The summed E-state index contributed by atoms with van der Waals surface area (Å²) in [6.45, 7) is 2.96. The summed E-state index contributed by atoms with van der Waals surface area (Å²) in [5, 5.41) is 8.24. The van der Waals surface area contributed by atoms with Crippen LogP contribution in [-0.4, -0.2) is 19.7 Å². The van der Waals surface area contributed by atoms with Gasteiger partial charge in [-0.15, -0.1) is 11.3 Å². The molecule has 1 aliphatic carbocycles. The van der Waals surface area contributed by atoms with Crippen LogP contribution in [-0.2, 0) is 6.54 Å². The van der Waals surface area contributed by atoms with Crippen LogP contribution >= 0.6 is 11.3 Å². The molecular weight excluding hydrogens is 360 g/mol. The van der Waals surface area contributed by atoms with Gasteiger partial charge in [-0.3, -0.25) is 0 Å². The van der Waals surface area contributed by atoms with Crippen LogP contribution in [0.5, 0.6) is 11.5 Å². The second-order valence-corrected chi connectivity index (χ2v) is 7.76. The van der Waals surface area contributed by atoms with Gasteiger partial charge in [0.05, 0.1) is 19.8 Å². The maximum Gasteiger partial charge on any atom is 0.315 e. The Morgan fingerprint density at radius 1 is 1.26 bits per heavy atom. The molecule has 1 aliphatic rings. The van der Waals surface area contributed by atoms with Crippen LogP contribution in [0.4, 0.5) is 4.79 Å². The first-order valence-electron chi connectivity index (χ1n) is 9.58. The highest BCUT2D eigenvalue weighted by molar-refractivity contribution is 7.10. The van der Waals surface area contributed by atoms with Crippen molar-refractivity contribution in [1.29, 1.82) is 0 Å². The molecule has 0 spiro atoms. The lowest BCUT2D eigenvalue weighted by atomic mass is 9.97. The standard InChI is InChI=1S/C21H28N2O3S/c1-3-26-17-11-10-15(13-18(17)25-2)14-22-21(24)23-20(16-7-4-5-8-16)19-9-6-12-27-19/h6,9-13,16,20H,3-5,7-8,14H2,1-2H3,(H2,22,23,24). The minimum atomic E-state index is -0.131. The first-order chi connectivity index (χ1) is 13.2. The van der Waals surface area contributed by atoms with Crippen molar-refractivity contribution in [3.05, 3.63) is 46.2 Å². The molecule has 6 heteroatoms. The number of carbonyl (C=O) groups is 1. The third-order valence-electron chi connectivity index (χ3n) is 4.99. The number of thiophene rings is 1. The fourth-order valence-electron chi connectivity index (χ4n) is 3.65. The summed E-state index contributed by atoms with van der Waals surface area (Å²) < 4.78 is 10.9. The van der Waals surface area contributed by atoms with Crippen molar-refractivity contribution >= 4 is 17.4 Å². The summed E-state index contributed by atoms with van der Waals surface area (Å²) in [5.74, 6) is 1.92. The van der Waals surface area contributed by atoms with Gasteiger partial charge < -0.3 is 20.1 Å². The Kier molecular flexibility index (Phi) is 6.98. The van der Waals surface area contributed by atoms with Gasteiger partial charge in [-0.05, 0) is 54.8 Å². The number of methoxy groups -OCH3 is 1. The minimum absolute atomic E-state index is 0.0994. The first kappa shape index (κ1) is 19.5. The molecule has 1 atom stereocenters. The summed E-state index contributed by atoms with van der Waals surface area (Å²) in [6, 6.07) is 9.86. The van der Waals surface area contributed by atoms with E-state index in [1.165, 1.54) is 30.6 Å². The molecule has 2 aromatic rings. The molecule has 3 rings (SSSR count). The van der Waals surface area contributed by atoms with Crippen LogP contribution in [0.25, 0.3) is 0 Å². The summed E-state index contributed by atoms with van der Waals surface area (Å²) in [4.78, 5) is 13.8. The maximum absolute atomic E-state index is 12.5. The number of nitrogens with one attached hydrogen (secondary N) is 2. The van der Waals surface area contributed by atoms with E-state index in [1.54, 1.807) is 18.4 Å². The largest absolute Gasteiger partial charge is 0.493 e.